The molecule has 0 unspecified atom stereocenters. The van der Waals surface area contributed by atoms with Crippen molar-refractivity contribution >= 4 is 85.0 Å². The van der Waals surface area contributed by atoms with Crippen molar-refractivity contribution in [2.75, 3.05) is 0 Å². The van der Waals surface area contributed by atoms with Gasteiger partial charge in [0.1, 0.15) is 11.2 Å². The van der Waals surface area contributed by atoms with E-state index in [1.54, 1.807) is 0 Å². The van der Waals surface area contributed by atoms with Crippen LogP contribution in [0.15, 0.2) is 180 Å². The minimum Gasteiger partial charge on any atom is -0.455 e. The lowest BCUT2D eigenvalue weighted by atomic mass is 9.92. The van der Waals surface area contributed by atoms with E-state index in [2.05, 4.69) is 140 Å². The Hall–Kier alpha value is -6.99. The van der Waals surface area contributed by atoms with Crippen LogP contribution in [0.2, 0.25) is 0 Å². The zero-order valence-electron chi connectivity index (χ0n) is 30.3. The lowest BCUT2D eigenvalue weighted by Gasteiger charge is -2.11. The fraction of sp³-hybridized carbons (Fsp3) is 0. The molecule has 0 aliphatic heterocycles. The van der Waals surface area contributed by atoms with Crippen LogP contribution in [-0.4, -0.2) is 15.0 Å². The summed E-state index contributed by atoms with van der Waals surface area (Å²) in [6.07, 6.45) is 0. The predicted molar refractivity (Wildman–Crippen MR) is 240 cm³/mol. The number of nitrogens with zero attached hydrogens (tertiary/aromatic N) is 3. The third kappa shape index (κ3) is 5.08. The van der Waals surface area contributed by atoms with Crippen molar-refractivity contribution in [1.29, 1.82) is 0 Å². The van der Waals surface area contributed by atoms with Crippen molar-refractivity contribution in [3.63, 3.8) is 0 Å². The number of benzene rings is 8. The molecule has 4 heterocycles. The quantitative estimate of drug-likeness (QED) is 0.175. The van der Waals surface area contributed by atoms with Crippen molar-refractivity contribution in [1.82, 2.24) is 15.0 Å². The Morgan fingerprint density at radius 3 is 1.63 bits per heavy atom. The van der Waals surface area contributed by atoms with Crippen LogP contribution in [0.25, 0.3) is 119 Å². The lowest BCUT2D eigenvalue weighted by molar-refractivity contribution is 0.670. The van der Waals surface area contributed by atoms with Gasteiger partial charge in [0, 0.05) is 78.9 Å². The summed E-state index contributed by atoms with van der Waals surface area (Å²) in [4.78, 5) is 15.2. The Kier molecular flexibility index (Phi) is 7.24. The fourth-order valence-corrected chi connectivity index (χ4v) is 10.8. The maximum absolute atomic E-state index is 6.87. The van der Waals surface area contributed by atoms with Crippen LogP contribution >= 0.6 is 22.7 Å². The second-order valence-corrected chi connectivity index (χ2v) is 16.4. The summed E-state index contributed by atoms with van der Waals surface area (Å²) in [6, 6.07) is 61.8. The van der Waals surface area contributed by atoms with Gasteiger partial charge < -0.3 is 4.42 Å². The van der Waals surface area contributed by atoms with E-state index in [0.717, 1.165) is 55.1 Å². The monoisotopic (exact) mass is 763 g/mol. The van der Waals surface area contributed by atoms with Crippen LogP contribution < -0.4 is 0 Å². The van der Waals surface area contributed by atoms with Gasteiger partial charge in [-0.1, -0.05) is 146 Å². The summed E-state index contributed by atoms with van der Waals surface area (Å²) in [5.41, 5.74) is 9.28. The lowest BCUT2D eigenvalue weighted by Crippen LogP contribution is -2.00. The van der Waals surface area contributed by atoms with Gasteiger partial charge in [-0.3, -0.25) is 0 Å². The number of hydrogen-bond donors (Lipinski definition) is 0. The highest BCUT2D eigenvalue weighted by molar-refractivity contribution is 7.26. The van der Waals surface area contributed by atoms with Gasteiger partial charge in [0.15, 0.2) is 17.5 Å². The van der Waals surface area contributed by atoms with Gasteiger partial charge in [-0.25, -0.2) is 15.0 Å². The molecular formula is C51H29N3OS2. The molecule has 4 aromatic heterocycles. The largest absolute Gasteiger partial charge is 0.455 e. The van der Waals surface area contributed by atoms with Crippen LogP contribution in [0.5, 0.6) is 0 Å². The summed E-state index contributed by atoms with van der Waals surface area (Å²) in [5, 5.41) is 7.10. The maximum atomic E-state index is 6.87. The Bertz CT molecular complexity index is 3470. The molecule has 0 saturated carbocycles. The van der Waals surface area contributed by atoms with Gasteiger partial charge in [0.05, 0.1) is 0 Å². The molecule has 266 valence electrons. The number of fused-ring (bicyclic) bond motifs is 9. The van der Waals surface area contributed by atoms with E-state index in [-0.39, 0.29) is 0 Å². The molecule has 4 nitrogen and oxygen atoms in total. The topological polar surface area (TPSA) is 51.8 Å². The summed E-state index contributed by atoms with van der Waals surface area (Å²) < 4.78 is 11.8. The standard InChI is InChI=1S/C51H29N3OS2/c1-3-14-30(15-4-1)49-52-50(31-16-5-2-6-17-31)54-51(53-49)39-23-13-27-43-45(39)38-22-11-21-35(48(38)57-43)33-28-29-34(47-46(33)36-18-7-9-24-40(36)55-47)32-20-12-26-42-44(32)37-19-8-10-25-41(37)56-42/h1-29H. The third-order valence-corrected chi connectivity index (χ3v) is 13.3. The van der Waals surface area contributed by atoms with Gasteiger partial charge in [-0.05, 0) is 41.5 Å². The van der Waals surface area contributed by atoms with E-state index in [4.69, 9.17) is 19.4 Å². The molecular weight excluding hydrogens is 735 g/mol. The van der Waals surface area contributed by atoms with E-state index in [1.165, 1.54) is 46.1 Å². The first-order valence-corrected chi connectivity index (χ1v) is 20.6. The summed E-state index contributed by atoms with van der Waals surface area (Å²) in [5.74, 6) is 1.95. The van der Waals surface area contributed by atoms with Crippen molar-refractivity contribution in [3.05, 3.63) is 176 Å². The first-order chi connectivity index (χ1) is 28.3. The molecule has 12 aromatic rings. The highest BCUT2D eigenvalue weighted by Gasteiger charge is 2.23. The fourth-order valence-electron chi connectivity index (χ4n) is 8.44. The third-order valence-electron chi connectivity index (χ3n) is 11.0. The molecule has 6 heteroatoms. The zero-order valence-corrected chi connectivity index (χ0v) is 31.9. The second kappa shape index (κ2) is 12.8. The Morgan fingerprint density at radius 1 is 0.333 bits per heavy atom. The number of thiophene rings is 2. The highest BCUT2D eigenvalue weighted by Crippen LogP contribution is 2.49. The van der Waals surface area contributed by atoms with Crippen molar-refractivity contribution in [3.8, 4) is 56.4 Å². The first-order valence-electron chi connectivity index (χ1n) is 18.9. The van der Waals surface area contributed by atoms with Crippen molar-refractivity contribution in [2.45, 2.75) is 0 Å². The van der Waals surface area contributed by atoms with E-state index in [9.17, 15) is 0 Å². The molecule has 0 aliphatic carbocycles. The molecule has 0 atom stereocenters. The number of para-hydroxylation sites is 1. The minimum atomic E-state index is 0.650. The van der Waals surface area contributed by atoms with Crippen LogP contribution in [0.1, 0.15) is 0 Å². The van der Waals surface area contributed by atoms with E-state index in [1.807, 2.05) is 59.1 Å². The summed E-state index contributed by atoms with van der Waals surface area (Å²) in [7, 11) is 0. The Morgan fingerprint density at radius 2 is 0.860 bits per heavy atom. The van der Waals surface area contributed by atoms with Gasteiger partial charge in [0.2, 0.25) is 0 Å². The SMILES string of the molecule is c1ccc(-c2nc(-c3ccccc3)nc(-c3cccc4sc5c(-c6ccc(-c7cccc8sc9ccccc9c78)c7oc8ccccc8c67)cccc5c34)n2)cc1. The van der Waals surface area contributed by atoms with Crippen molar-refractivity contribution in [2.24, 2.45) is 0 Å². The van der Waals surface area contributed by atoms with Crippen LogP contribution in [0.3, 0.4) is 0 Å². The highest BCUT2D eigenvalue weighted by atomic mass is 32.1. The molecule has 0 N–H and O–H groups in total. The van der Waals surface area contributed by atoms with Crippen LogP contribution in [0, 0.1) is 0 Å². The summed E-state index contributed by atoms with van der Waals surface area (Å²) in [6.45, 7) is 0. The van der Waals surface area contributed by atoms with Gasteiger partial charge in [0.25, 0.3) is 0 Å². The molecule has 0 amide bonds. The van der Waals surface area contributed by atoms with Gasteiger partial charge in [-0.15, -0.1) is 22.7 Å². The normalized spacial score (nSPS) is 11.9. The Labute approximate surface area is 335 Å². The summed E-state index contributed by atoms with van der Waals surface area (Å²) >= 11 is 3.66. The number of furan rings is 1. The van der Waals surface area contributed by atoms with Crippen LogP contribution in [0.4, 0.5) is 0 Å². The first kappa shape index (κ1) is 32.3. The molecule has 0 spiro atoms. The zero-order chi connectivity index (χ0) is 37.5. The molecule has 0 fully saturated rings. The number of hydrogen-bond acceptors (Lipinski definition) is 6. The van der Waals surface area contributed by atoms with Crippen LogP contribution in [-0.2, 0) is 0 Å². The molecule has 0 radical (unpaired) electrons. The Balaban J connectivity index is 1.10. The molecule has 0 bridgehead atoms. The molecule has 0 saturated heterocycles. The second-order valence-electron chi connectivity index (χ2n) is 14.2. The van der Waals surface area contributed by atoms with Crippen molar-refractivity contribution < 1.29 is 4.42 Å². The average Bonchev–Trinajstić information content (AvgIpc) is 3.98. The average molecular weight is 764 g/mol. The molecule has 0 aliphatic rings. The maximum Gasteiger partial charge on any atom is 0.164 e. The number of rotatable bonds is 5. The predicted octanol–water partition coefficient (Wildman–Crippen LogP) is 14.8. The molecule has 8 aromatic carbocycles. The number of aromatic nitrogens is 3. The van der Waals surface area contributed by atoms with E-state index in [0.29, 0.717) is 17.5 Å². The van der Waals surface area contributed by atoms with E-state index >= 15 is 0 Å². The van der Waals surface area contributed by atoms with E-state index < -0.39 is 0 Å². The smallest absolute Gasteiger partial charge is 0.164 e. The molecule has 57 heavy (non-hydrogen) atoms. The minimum absolute atomic E-state index is 0.650. The van der Waals surface area contributed by atoms with Gasteiger partial charge >= 0.3 is 0 Å². The molecule has 12 rings (SSSR count). The van der Waals surface area contributed by atoms with Gasteiger partial charge in [-0.2, -0.15) is 0 Å².